The third-order valence-electron chi connectivity index (χ3n) is 2.23. The first kappa shape index (κ1) is 12.3. The second-order valence-corrected chi connectivity index (χ2v) is 3.84. The summed E-state index contributed by atoms with van der Waals surface area (Å²) in [6, 6.07) is 7.18. The van der Waals surface area contributed by atoms with Crippen LogP contribution < -0.4 is 4.74 Å². The van der Waals surface area contributed by atoms with Crippen LogP contribution in [0.5, 0.6) is 5.75 Å². The molecule has 0 saturated heterocycles. The topological polar surface area (TPSA) is 46.5 Å². The van der Waals surface area contributed by atoms with Crippen LogP contribution in [0.1, 0.15) is 25.3 Å². The van der Waals surface area contributed by atoms with E-state index in [2.05, 4.69) is 6.58 Å². The molecular weight excluding hydrogens is 204 g/mol. The fraction of sp³-hybridized carbons (Fsp3) is 0.308. The lowest BCUT2D eigenvalue weighted by molar-refractivity contribution is -0.138. The second-order valence-electron chi connectivity index (χ2n) is 3.84. The Kier molecular flexibility index (Phi) is 4.11. The van der Waals surface area contributed by atoms with E-state index >= 15 is 0 Å². The van der Waals surface area contributed by atoms with Crippen LogP contribution >= 0.6 is 0 Å². The third-order valence-corrected chi connectivity index (χ3v) is 2.23. The molecule has 0 fully saturated rings. The predicted octanol–water partition coefficient (Wildman–Crippen LogP) is 2.83. The molecular formula is C13H16O3. The summed E-state index contributed by atoms with van der Waals surface area (Å²) in [6.45, 7) is 7.65. The van der Waals surface area contributed by atoms with E-state index in [0.29, 0.717) is 17.9 Å². The lowest BCUT2D eigenvalue weighted by atomic mass is 10.0. The summed E-state index contributed by atoms with van der Waals surface area (Å²) in [5, 5.41) is 8.96. The number of carbonyl (C=O) groups is 1. The Morgan fingerprint density at radius 1 is 1.50 bits per heavy atom. The molecule has 1 N–H and O–H groups in total. The molecule has 0 aliphatic rings. The minimum absolute atomic E-state index is 0.406. The average Bonchev–Trinajstić information content (AvgIpc) is 2.25. The molecule has 0 heterocycles. The molecule has 0 amide bonds. The maximum absolute atomic E-state index is 10.9. The van der Waals surface area contributed by atoms with Gasteiger partial charge in [-0.2, -0.15) is 0 Å². The monoisotopic (exact) mass is 220 g/mol. The number of rotatable bonds is 5. The molecule has 1 unspecified atom stereocenters. The van der Waals surface area contributed by atoms with Crippen LogP contribution in [0.15, 0.2) is 36.4 Å². The van der Waals surface area contributed by atoms with Gasteiger partial charge in [0.2, 0.25) is 0 Å². The van der Waals surface area contributed by atoms with Crippen molar-refractivity contribution in [1.29, 1.82) is 0 Å². The number of carboxylic acid groups (broad SMARTS) is 1. The number of para-hydroxylation sites is 1. The van der Waals surface area contributed by atoms with Crippen molar-refractivity contribution >= 4 is 5.97 Å². The van der Waals surface area contributed by atoms with Gasteiger partial charge in [-0.15, -0.1) is 0 Å². The fourth-order valence-corrected chi connectivity index (χ4v) is 1.30. The highest BCUT2D eigenvalue weighted by Crippen LogP contribution is 2.26. The average molecular weight is 220 g/mol. The summed E-state index contributed by atoms with van der Waals surface area (Å²) in [5.74, 6) is -0.812. The quantitative estimate of drug-likeness (QED) is 0.776. The van der Waals surface area contributed by atoms with Crippen molar-refractivity contribution < 1.29 is 14.6 Å². The Labute approximate surface area is 95.4 Å². The van der Waals surface area contributed by atoms with Crippen LogP contribution in [0, 0.1) is 0 Å². The van der Waals surface area contributed by atoms with E-state index < -0.39 is 11.9 Å². The summed E-state index contributed by atoms with van der Waals surface area (Å²) in [5.41, 5.74) is 1.59. The number of ether oxygens (including phenoxy) is 1. The molecule has 1 aromatic carbocycles. The van der Waals surface area contributed by atoms with Gasteiger partial charge >= 0.3 is 5.97 Å². The van der Waals surface area contributed by atoms with E-state index in [1.165, 1.54) is 0 Å². The SMILES string of the molecule is C=C(C)COc1ccccc1C(C)C(=O)O. The molecule has 0 aliphatic carbocycles. The van der Waals surface area contributed by atoms with Crippen LogP contribution in [0.2, 0.25) is 0 Å². The Hall–Kier alpha value is -1.77. The number of hydrogen-bond donors (Lipinski definition) is 1. The van der Waals surface area contributed by atoms with Crippen LogP contribution in [0.25, 0.3) is 0 Å². The molecule has 1 atom stereocenters. The van der Waals surface area contributed by atoms with E-state index in [0.717, 1.165) is 5.57 Å². The van der Waals surface area contributed by atoms with Gasteiger partial charge in [0.25, 0.3) is 0 Å². The fourth-order valence-electron chi connectivity index (χ4n) is 1.30. The van der Waals surface area contributed by atoms with Gasteiger partial charge in [0, 0.05) is 5.56 Å². The van der Waals surface area contributed by atoms with Crippen LogP contribution in [0.4, 0.5) is 0 Å². The van der Waals surface area contributed by atoms with Gasteiger partial charge in [-0.1, -0.05) is 24.8 Å². The number of carboxylic acids is 1. The lowest BCUT2D eigenvalue weighted by Crippen LogP contribution is -2.10. The molecule has 1 rings (SSSR count). The molecule has 3 heteroatoms. The zero-order chi connectivity index (χ0) is 12.1. The largest absolute Gasteiger partial charge is 0.489 e. The highest BCUT2D eigenvalue weighted by Gasteiger charge is 2.17. The maximum atomic E-state index is 10.9. The third kappa shape index (κ3) is 3.12. The molecule has 0 radical (unpaired) electrons. The lowest BCUT2D eigenvalue weighted by Gasteiger charge is -2.13. The molecule has 0 saturated carbocycles. The van der Waals surface area contributed by atoms with Crippen molar-refractivity contribution in [3.63, 3.8) is 0 Å². The Morgan fingerprint density at radius 3 is 2.69 bits per heavy atom. The smallest absolute Gasteiger partial charge is 0.310 e. The van der Waals surface area contributed by atoms with Crippen molar-refractivity contribution in [2.75, 3.05) is 6.61 Å². The molecule has 0 bridgehead atoms. The van der Waals surface area contributed by atoms with Crippen molar-refractivity contribution in [2.24, 2.45) is 0 Å². The minimum atomic E-state index is -0.855. The molecule has 86 valence electrons. The van der Waals surface area contributed by atoms with Crippen molar-refractivity contribution in [2.45, 2.75) is 19.8 Å². The molecule has 1 aromatic rings. The highest BCUT2D eigenvalue weighted by molar-refractivity contribution is 5.76. The maximum Gasteiger partial charge on any atom is 0.310 e. The number of aliphatic carboxylic acids is 1. The van der Waals surface area contributed by atoms with Gasteiger partial charge in [0.15, 0.2) is 0 Å². The molecule has 0 aliphatic heterocycles. The zero-order valence-corrected chi connectivity index (χ0v) is 9.56. The summed E-state index contributed by atoms with van der Waals surface area (Å²) < 4.78 is 5.51. The summed E-state index contributed by atoms with van der Waals surface area (Å²) in [7, 11) is 0. The first-order valence-corrected chi connectivity index (χ1v) is 5.11. The van der Waals surface area contributed by atoms with E-state index in [1.807, 2.05) is 19.1 Å². The van der Waals surface area contributed by atoms with Crippen molar-refractivity contribution in [3.8, 4) is 5.75 Å². The zero-order valence-electron chi connectivity index (χ0n) is 9.56. The summed E-state index contributed by atoms with van der Waals surface area (Å²) in [6.07, 6.45) is 0. The van der Waals surface area contributed by atoms with E-state index in [4.69, 9.17) is 9.84 Å². The highest BCUT2D eigenvalue weighted by atomic mass is 16.5. The molecule has 16 heavy (non-hydrogen) atoms. The second kappa shape index (κ2) is 5.35. The minimum Gasteiger partial charge on any atom is -0.489 e. The standard InChI is InChI=1S/C13H16O3/c1-9(2)8-16-12-7-5-4-6-11(12)10(3)13(14)15/h4-7,10H,1,8H2,2-3H3,(H,14,15). The first-order chi connectivity index (χ1) is 7.52. The molecule has 3 nitrogen and oxygen atoms in total. The van der Waals surface area contributed by atoms with Gasteiger partial charge in [-0.3, -0.25) is 4.79 Å². The van der Waals surface area contributed by atoms with E-state index in [1.54, 1.807) is 19.1 Å². The number of benzene rings is 1. The predicted molar refractivity (Wildman–Crippen MR) is 62.8 cm³/mol. The van der Waals surface area contributed by atoms with Gasteiger partial charge in [0.05, 0.1) is 5.92 Å². The first-order valence-electron chi connectivity index (χ1n) is 5.11. The van der Waals surface area contributed by atoms with Crippen molar-refractivity contribution in [1.82, 2.24) is 0 Å². The van der Waals surface area contributed by atoms with Gasteiger partial charge < -0.3 is 9.84 Å². The Balaban J connectivity index is 2.91. The van der Waals surface area contributed by atoms with Crippen molar-refractivity contribution in [3.05, 3.63) is 42.0 Å². The Morgan fingerprint density at radius 2 is 2.12 bits per heavy atom. The van der Waals surface area contributed by atoms with Gasteiger partial charge in [-0.25, -0.2) is 0 Å². The van der Waals surface area contributed by atoms with Crippen LogP contribution in [0.3, 0.4) is 0 Å². The van der Waals surface area contributed by atoms with E-state index in [-0.39, 0.29) is 0 Å². The Bertz CT molecular complexity index is 396. The van der Waals surface area contributed by atoms with Crippen LogP contribution in [-0.2, 0) is 4.79 Å². The van der Waals surface area contributed by atoms with Gasteiger partial charge in [0.1, 0.15) is 12.4 Å². The van der Waals surface area contributed by atoms with Gasteiger partial charge in [-0.05, 0) is 25.5 Å². The summed E-state index contributed by atoms with van der Waals surface area (Å²) in [4.78, 5) is 10.9. The van der Waals surface area contributed by atoms with Crippen LogP contribution in [-0.4, -0.2) is 17.7 Å². The number of hydrogen-bond acceptors (Lipinski definition) is 2. The normalized spacial score (nSPS) is 11.9. The molecule has 0 spiro atoms. The summed E-state index contributed by atoms with van der Waals surface area (Å²) >= 11 is 0. The van der Waals surface area contributed by atoms with E-state index in [9.17, 15) is 4.79 Å². The molecule has 0 aromatic heterocycles.